The van der Waals surface area contributed by atoms with Gasteiger partial charge >= 0.3 is 0 Å². The number of carbonyl (C=O) groups is 1. The highest BCUT2D eigenvalue weighted by Gasteiger charge is 2.07. The average Bonchev–Trinajstić information content (AvgIpc) is 2.23. The fraction of sp³-hybridized carbons (Fsp3) is 0.308. The molecule has 0 radical (unpaired) electrons. The third-order valence-electron chi connectivity index (χ3n) is 2.18. The van der Waals surface area contributed by atoms with E-state index in [1.54, 1.807) is 0 Å². The van der Waals surface area contributed by atoms with Crippen molar-refractivity contribution in [3.8, 4) is 12.3 Å². The molecule has 1 nitrogen and oxygen atoms in total. The van der Waals surface area contributed by atoms with E-state index in [9.17, 15) is 9.18 Å². The highest BCUT2D eigenvalue weighted by Crippen LogP contribution is 2.18. The Balaban J connectivity index is 2.53. The van der Waals surface area contributed by atoms with Crippen molar-refractivity contribution < 1.29 is 9.18 Å². The van der Waals surface area contributed by atoms with Crippen LogP contribution >= 0.6 is 11.6 Å². The van der Waals surface area contributed by atoms with Crippen molar-refractivity contribution in [2.24, 2.45) is 0 Å². The second-order valence-electron chi connectivity index (χ2n) is 3.51. The van der Waals surface area contributed by atoms with Crippen molar-refractivity contribution in [3.63, 3.8) is 0 Å². The van der Waals surface area contributed by atoms with Crippen molar-refractivity contribution >= 4 is 17.4 Å². The smallest absolute Gasteiger partial charge is 0.137 e. The zero-order chi connectivity index (χ0) is 12.0. The van der Waals surface area contributed by atoms with Gasteiger partial charge in [0.1, 0.15) is 11.6 Å². The SMILES string of the molecule is C#CCCCC(=O)Cc1ccc(F)cc1Cl. The largest absolute Gasteiger partial charge is 0.299 e. The van der Waals surface area contributed by atoms with E-state index in [0.29, 0.717) is 29.8 Å². The highest BCUT2D eigenvalue weighted by molar-refractivity contribution is 6.31. The van der Waals surface area contributed by atoms with Crippen LogP contribution in [0.4, 0.5) is 4.39 Å². The predicted octanol–water partition coefficient (Wildman–Crippen LogP) is 3.39. The summed E-state index contributed by atoms with van der Waals surface area (Å²) < 4.78 is 12.7. The molecule has 0 N–H and O–H groups in total. The number of terminal acetylenes is 1. The van der Waals surface area contributed by atoms with Crippen LogP contribution in [0.25, 0.3) is 0 Å². The first-order valence-corrected chi connectivity index (χ1v) is 5.40. The molecule has 1 aromatic carbocycles. The van der Waals surface area contributed by atoms with E-state index >= 15 is 0 Å². The topological polar surface area (TPSA) is 17.1 Å². The fourth-order valence-corrected chi connectivity index (χ4v) is 1.59. The molecule has 84 valence electrons. The number of hydrogen-bond acceptors (Lipinski definition) is 1. The van der Waals surface area contributed by atoms with E-state index in [2.05, 4.69) is 5.92 Å². The van der Waals surface area contributed by atoms with Crippen molar-refractivity contribution in [3.05, 3.63) is 34.6 Å². The highest BCUT2D eigenvalue weighted by atomic mass is 35.5. The Bertz CT molecular complexity index is 420. The summed E-state index contributed by atoms with van der Waals surface area (Å²) in [5.41, 5.74) is 0.661. The number of ketones is 1. The quantitative estimate of drug-likeness (QED) is 0.568. The molecule has 0 saturated heterocycles. The lowest BCUT2D eigenvalue weighted by molar-refractivity contribution is -0.118. The fourth-order valence-electron chi connectivity index (χ4n) is 1.35. The molecule has 0 saturated carbocycles. The zero-order valence-corrected chi connectivity index (χ0v) is 9.56. The van der Waals surface area contributed by atoms with E-state index in [-0.39, 0.29) is 12.2 Å². The van der Waals surface area contributed by atoms with Crippen LogP contribution in [0.15, 0.2) is 18.2 Å². The summed E-state index contributed by atoms with van der Waals surface area (Å²) in [6, 6.07) is 4.05. The van der Waals surface area contributed by atoms with E-state index in [1.165, 1.54) is 18.2 Å². The van der Waals surface area contributed by atoms with Crippen LogP contribution in [0.5, 0.6) is 0 Å². The molecule has 0 aliphatic heterocycles. The van der Waals surface area contributed by atoms with Crippen molar-refractivity contribution in [2.45, 2.75) is 25.7 Å². The first-order valence-electron chi connectivity index (χ1n) is 5.02. The summed E-state index contributed by atoms with van der Waals surface area (Å²) in [6.07, 6.45) is 7.05. The molecule has 0 spiro atoms. The summed E-state index contributed by atoms with van der Waals surface area (Å²) in [4.78, 5) is 11.5. The molecular formula is C13H12ClFO. The lowest BCUT2D eigenvalue weighted by atomic mass is 10.0. The maximum absolute atomic E-state index is 12.7. The molecule has 0 bridgehead atoms. The summed E-state index contributed by atoms with van der Waals surface area (Å²) in [5.74, 6) is 2.16. The van der Waals surface area contributed by atoms with Gasteiger partial charge in [-0.15, -0.1) is 12.3 Å². The molecule has 0 aromatic heterocycles. The van der Waals surface area contributed by atoms with Gasteiger partial charge in [-0.05, 0) is 24.1 Å². The van der Waals surface area contributed by atoms with Gasteiger partial charge in [0, 0.05) is 24.3 Å². The number of hydrogen-bond donors (Lipinski definition) is 0. The van der Waals surface area contributed by atoms with Gasteiger partial charge < -0.3 is 0 Å². The maximum Gasteiger partial charge on any atom is 0.137 e. The van der Waals surface area contributed by atoms with Gasteiger partial charge in [-0.2, -0.15) is 0 Å². The first-order chi connectivity index (χ1) is 7.63. The van der Waals surface area contributed by atoms with Gasteiger partial charge in [-0.1, -0.05) is 17.7 Å². The lowest BCUT2D eigenvalue weighted by Gasteiger charge is -2.03. The van der Waals surface area contributed by atoms with Gasteiger partial charge in [0.05, 0.1) is 0 Å². The summed E-state index contributed by atoms with van der Waals surface area (Å²) >= 11 is 5.81. The van der Waals surface area contributed by atoms with E-state index in [1.807, 2.05) is 0 Å². The van der Waals surface area contributed by atoms with Crippen molar-refractivity contribution in [1.82, 2.24) is 0 Å². The number of Topliss-reactive ketones (excluding diaryl/α,β-unsaturated/α-hetero) is 1. The van der Waals surface area contributed by atoms with Crippen LogP contribution < -0.4 is 0 Å². The standard InChI is InChI=1S/C13H12ClFO/c1-2-3-4-5-12(16)8-10-6-7-11(15)9-13(10)14/h1,6-7,9H,3-5,8H2. The van der Waals surface area contributed by atoms with Gasteiger partial charge in [-0.3, -0.25) is 4.79 Å². The molecule has 0 aliphatic carbocycles. The Morgan fingerprint density at radius 1 is 1.50 bits per heavy atom. The number of unbranched alkanes of at least 4 members (excludes halogenated alkanes) is 1. The monoisotopic (exact) mass is 238 g/mol. The Labute approximate surface area is 99.6 Å². The Kier molecular flexibility index (Phi) is 5.01. The zero-order valence-electron chi connectivity index (χ0n) is 8.80. The Morgan fingerprint density at radius 3 is 2.88 bits per heavy atom. The molecule has 0 amide bonds. The molecule has 3 heteroatoms. The molecule has 16 heavy (non-hydrogen) atoms. The number of rotatable bonds is 5. The second-order valence-corrected chi connectivity index (χ2v) is 3.92. The second kappa shape index (κ2) is 6.30. The van der Waals surface area contributed by atoms with Crippen LogP contribution in [0.3, 0.4) is 0 Å². The van der Waals surface area contributed by atoms with Crippen molar-refractivity contribution in [2.75, 3.05) is 0 Å². The lowest BCUT2D eigenvalue weighted by Crippen LogP contribution is -2.03. The van der Waals surface area contributed by atoms with Gasteiger partial charge in [0.15, 0.2) is 0 Å². The van der Waals surface area contributed by atoms with E-state index < -0.39 is 5.82 Å². The number of carbonyl (C=O) groups excluding carboxylic acids is 1. The molecule has 1 aromatic rings. The average molecular weight is 239 g/mol. The molecule has 0 unspecified atom stereocenters. The summed E-state index contributed by atoms with van der Waals surface area (Å²) in [5, 5.41) is 0.297. The minimum atomic E-state index is -0.395. The van der Waals surface area contributed by atoms with Gasteiger partial charge in [0.2, 0.25) is 0 Å². The Hall–Kier alpha value is -1.33. The maximum atomic E-state index is 12.7. The van der Waals surface area contributed by atoms with Crippen molar-refractivity contribution in [1.29, 1.82) is 0 Å². The van der Waals surface area contributed by atoms with Crippen LogP contribution in [-0.2, 0) is 11.2 Å². The van der Waals surface area contributed by atoms with Crippen LogP contribution in [0.1, 0.15) is 24.8 Å². The minimum Gasteiger partial charge on any atom is -0.299 e. The summed E-state index contributed by atoms with van der Waals surface area (Å²) in [6.45, 7) is 0. The number of halogens is 2. The molecule has 0 atom stereocenters. The van der Waals surface area contributed by atoms with Crippen LogP contribution in [0.2, 0.25) is 5.02 Å². The Morgan fingerprint density at radius 2 is 2.25 bits per heavy atom. The summed E-state index contributed by atoms with van der Waals surface area (Å²) in [7, 11) is 0. The molecule has 1 rings (SSSR count). The van der Waals surface area contributed by atoms with Gasteiger partial charge in [0.25, 0.3) is 0 Å². The molecule has 0 fully saturated rings. The molecule has 0 heterocycles. The number of benzene rings is 1. The van der Waals surface area contributed by atoms with Crippen LogP contribution in [0, 0.1) is 18.2 Å². The third kappa shape index (κ3) is 4.04. The van der Waals surface area contributed by atoms with Gasteiger partial charge in [-0.25, -0.2) is 4.39 Å². The first kappa shape index (κ1) is 12.7. The predicted molar refractivity (Wildman–Crippen MR) is 62.8 cm³/mol. The third-order valence-corrected chi connectivity index (χ3v) is 2.53. The molecular weight excluding hydrogens is 227 g/mol. The van der Waals surface area contributed by atoms with Crippen LogP contribution in [-0.4, -0.2) is 5.78 Å². The van der Waals surface area contributed by atoms with E-state index in [4.69, 9.17) is 18.0 Å². The molecule has 0 aliphatic rings. The van der Waals surface area contributed by atoms with E-state index in [0.717, 1.165) is 0 Å². The normalized spacial score (nSPS) is 9.81. The minimum absolute atomic E-state index is 0.0729.